The molecule has 0 amide bonds. The molecular weight excluding hydrogens is 140 g/mol. The summed E-state index contributed by atoms with van der Waals surface area (Å²) in [6.45, 7) is 0. The van der Waals surface area contributed by atoms with Crippen LogP contribution in [0.1, 0.15) is 0 Å². The Bertz CT molecular complexity index is 38.0. The molecule has 0 saturated heterocycles. The van der Waals surface area contributed by atoms with E-state index in [-0.39, 0.29) is 0 Å². The van der Waals surface area contributed by atoms with E-state index in [1.165, 1.54) is 16.3 Å². The van der Waals surface area contributed by atoms with Crippen LogP contribution in [0.2, 0.25) is 0 Å². The second-order valence-corrected chi connectivity index (χ2v) is 37.9. The molecule has 28 valence electrons. The molecule has 0 radical (unpaired) electrons. The summed E-state index contributed by atoms with van der Waals surface area (Å²) in [5.74, 6) is 0. The van der Waals surface area contributed by atoms with Gasteiger partial charge in [0.05, 0.1) is 0 Å². The molecule has 0 aromatic rings. The van der Waals surface area contributed by atoms with E-state index < -0.39 is 0 Å². The highest BCUT2D eigenvalue weighted by molar-refractivity contribution is 7.65. The molecule has 0 aliphatic carbocycles. The van der Waals surface area contributed by atoms with Crippen molar-refractivity contribution in [1.82, 2.24) is 0 Å². The molecular formula is H8Si5. The van der Waals surface area contributed by atoms with Crippen LogP contribution in [0, 0.1) is 0 Å². The fourth-order valence-electron chi connectivity index (χ4n) is 0.589. The molecule has 5 heavy (non-hydrogen) atoms. The van der Waals surface area contributed by atoms with Crippen LogP contribution >= 0.6 is 0 Å². The van der Waals surface area contributed by atoms with Gasteiger partial charge in [0.1, 0.15) is 0 Å². The van der Waals surface area contributed by atoms with Crippen molar-refractivity contribution in [2.24, 2.45) is 0 Å². The molecule has 0 N–H and O–H groups in total. The van der Waals surface area contributed by atoms with Gasteiger partial charge >= 0.3 is 0 Å². The maximum absolute atomic E-state index is 1.27. The Balaban J connectivity index is 2.32. The smallest absolute Gasteiger partial charge is 0.00909 e. The van der Waals surface area contributed by atoms with Crippen molar-refractivity contribution in [1.29, 1.82) is 0 Å². The lowest BCUT2D eigenvalue weighted by Gasteiger charge is -1.64. The molecule has 0 bridgehead atoms. The summed E-state index contributed by atoms with van der Waals surface area (Å²) in [6, 6.07) is 0. The van der Waals surface area contributed by atoms with E-state index in [1.807, 2.05) is 0 Å². The van der Waals surface area contributed by atoms with E-state index in [1.54, 1.807) is 0 Å². The molecule has 0 spiro atoms. The van der Waals surface area contributed by atoms with E-state index in [0.717, 1.165) is 25.7 Å². The Morgan fingerprint density at radius 3 is 1.80 bits per heavy atom. The van der Waals surface area contributed by atoms with Gasteiger partial charge in [-0.1, -0.05) is 16.3 Å². The van der Waals surface area contributed by atoms with Crippen molar-refractivity contribution in [3.8, 4) is 0 Å². The van der Waals surface area contributed by atoms with Crippen molar-refractivity contribution in [2.75, 3.05) is 0 Å². The first-order valence-electron chi connectivity index (χ1n) is 2.15. The van der Waals surface area contributed by atoms with Gasteiger partial charge < -0.3 is 0 Å². The molecule has 1 rings (SSSR count). The van der Waals surface area contributed by atoms with Crippen molar-refractivity contribution in [2.45, 2.75) is 0 Å². The average Bonchev–Trinajstić information content (AvgIpc) is 1.76. The fraction of sp³-hybridized carbons (Fsp3) is 0. The summed E-state index contributed by atoms with van der Waals surface area (Å²) >= 11 is 0. The molecule has 0 fully saturated rings. The minimum absolute atomic E-state index is 0.864. The van der Waals surface area contributed by atoms with Crippen LogP contribution in [0.4, 0.5) is 0 Å². The van der Waals surface area contributed by atoms with Gasteiger partial charge in [0.2, 0.25) is 0 Å². The van der Waals surface area contributed by atoms with Gasteiger partial charge in [0.15, 0.2) is 0 Å². The second-order valence-electron chi connectivity index (χ2n) is 1.40. The minimum Gasteiger partial charge on any atom is -0.0544 e. The molecule has 0 saturated carbocycles. The van der Waals surface area contributed by atoms with Crippen LogP contribution in [0.25, 0.3) is 0 Å². The van der Waals surface area contributed by atoms with Gasteiger partial charge in [-0.25, -0.2) is 0 Å². The van der Waals surface area contributed by atoms with E-state index in [4.69, 9.17) is 0 Å². The van der Waals surface area contributed by atoms with Gasteiger partial charge in [-0.3, -0.25) is 0 Å². The Morgan fingerprint density at radius 2 is 1.60 bits per heavy atom. The Kier molecular flexibility index (Phi) is 1.95. The maximum atomic E-state index is 1.27. The molecule has 5 heteroatoms. The summed E-state index contributed by atoms with van der Waals surface area (Å²) < 4.78 is 0. The van der Waals surface area contributed by atoms with Gasteiger partial charge in [-0.05, 0) is 8.55 Å². The Morgan fingerprint density at radius 1 is 1.00 bits per heavy atom. The lowest BCUT2D eigenvalue weighted by atomic mass is 26.4. The third-order valence-corrected chi connectivity index (χ3v) is 73.6. The number of hydrogen-bond acceptors (Lipinski definition) is 0. The summed E-state index contributed by atoms with van der Waals surface area (Å²) in [4.78, 5) is 0. The molecule has 0 atom stereocenters. The lowest BCUT2D eigenvalue weighted by molar-refractivity contribution is 4.11. The Labute approximate surface area is 42.3 Å². The van der Waals surface area contributed by atoms with Crippen molar-refractivity contribution in [3.63, 3.8) is 0 Å². The van der Waals surface area contributed by atoms with Gasteiger partial charge in [0.25, 0.3) is 0 Å². The normalized spacial score (nSPS) is 35.2. The third kappa shape index (κ3) is 1.31. The lowest BCUT2D eigenvalue weighted by Crippen LogP contribution is -2.02. The third-order valence-electron chi connectivity index (χ3n) is 0.908. The largest absolute Gasteiger partial charge is 0.0544 e. The van der Waals surface area contributed by atoms with Gasteiger partial charge in [-0.15, -0.1) is 0 Å². The van der Waals surface area contributed by atoms with Crippen LogP contribution in [-0.2, 0) is 0 Å². The summed E-state index contributed by atoms with van der Waals surface area (Å²) in [5, 5.41) is 0. The van der Waals surface area contributed by atoms with Crippen molar-refractivity contribution < 1.29 is 0 Å². The second kappa shape index (κ2) is 2.29. The predicted molar refractivity (Wildman–Crippen MR) is 39.9 cm³/mol. The Hall–Kier alpha value is 1.08. The molecule has 1 heterocycles. The van der Waals surface area contributed by atoms with Gasteiger partial charge in [0, 0.05) is 17.1 Å². The first-order chi connectivity index (χ1) is 2.50. The quantitative estimate of drug-likeness (QED) is 0.307. The topological polar surface area (TPSA) is 0 Å². The molecule has 1 aliphatic rings. The summed E-state index contributed by atoms with van der Waals surface area (Å²) in [5.41, 5.74) is 0. The van der Waals surface area contributed by atoms with Crippen molar-refractivity contribution >= 4 is 41.9 Å². The summed E-state index contributed by atoms with van der Waals surface area (Å²) in [7, 11) is 5.17. The molecule has 0 unspecified atom stereocenters. The van der Waals surface area contributed by atoms with E-state index in [9.17, 15) is 0 Å². The highest BCUT2D eigenvalue weighted by Gasteiger charge is 1.88. The van der Waals surface area contributed by atoms with Crippen LogP contribution in [0.15, 0.2) is 0 Å². The highest BCUT2D eigenvalue weighted by atomic mass is 30.0. The molecule has 0 aromatic heterocycles. The number of hydrogen-bond donors (Lipinski definition) is 0. The zero-order valence-electron chi connectivity index (χ0n) is 3.28. The van der Waals surface area contributed by atoms with Crippen LogP contribution in [0.5, 0.6) is 0 Å². The first-order valence-corrected chi connectivity index (χ1v) is 19.3. The SMILES string of the molecule is [SiH]1=[SiH][SiH2][SiH2][SiH2]1. The van der Waals surface area contributed by atoms with Gasteiger partial charge in [-0.2, -0.15) is 0 Å². The zero-order valence-corrected chi connectivity index (χ0v) is 9.83. The predicted octanol–water partition coefficient (Wildman–Crippen LogP) is -4.05. The first kappa shape index (κ1) is 4.25. The van der Waals surface area contributed by atoms with Crippen molar-refractivity contribution in [3.05, 3.63) is 0 Å². The molecule has 0 aromatic carbocycles. The average molecular weight is 148 g/mol. The standard InChI is InChI=1S/H8Si5/c1-2-4-5-3-1/h1-2H,3-5H2. The van der Waals surface area contributed by atoms with Crippen LogP contribution in [0.3, 0.4) is 0 Å². The zero-order chi connectivity index (χ0) is 3.54. The minimum atomic E-state index is 0.864. The van der Waals surface area contributed by atoms with Crippen LogP contribution in [-0.4, -0.2) is 41.9 Å². The van der Waals surface area contributed by atoms with E-state index >= 15 is 0 Å². The van der Waals surface area contributed by atoms with E-state index in [2.05, 4.69) is 0 Å². The monoisotopic (exact) mass is 148 g/mol. The molecule has 1 aliphatic heterocycles. The maximum Gasteiger partial charge on any atom is 0.00909 e. The fourth-order valence-corrected chi connectivity index (χ4v) is 143. The van der Waals surface area contributed by atoms with E-state index in [0.29, 0.717) is 0 Å². The molecule has 0 nitrogen and oxygen atoms in total. The summed E-state index contributed by atoms with van der Waals surface area (Å²) in [6.07, 6.45) is 0. The number of rotatable bonds is 0. The van der Waals surface area contributed by atoms with Crippen LogP contribution < -0.4 is 0 Å². The highest BCUT2D eigenvalue weighted by Crippen LogP contribution is 1.52.